The maximum Gasteiger partial charge on any atom is 0.251 e. The van der Waals surface area contributed by atoms with Crippen LogP contribution in [-0.2, 0) is 13.0 Å². The smallest absolute Gasteiger partial charge is 0.251 e. The van der Waals surface area contributed by atoms with Crippen molar-refractivity contribution in [3.63, 3.8) is 0 Å². The van der Waals surface area contributed by atoms with Crippen molar-refractivity contribution in [1.82, 2.24) is 20.3 Å². The van der Waals surface area contributed by atoms with Crippen LogP contribution in [0.2, 0.25) is 0 Å². The number of rotatable bonds is 7. The van der Waals surface area contributed by atoms with Crippen LogP contribution >= 0.6 is 0 Å². The first-order valence-corrected chi connectivity index (χ1v) is 6.71. The van der Waals surface area contributed by atoms with Gasteiger partial charge in [-0.2, -0.15) is 0 Å². The summed E-state index contributed by atoms with van der Waals surface area (Å²) in [5.41, 5.74) is 7.28. The van der Waals surface area contributed by atoms with E-state index >= 15 is 0 Å². The van der Waals surface area contributed by atoms with Crippen molar-refractivity contribution in [3.05, 3.63) is 47.8 Å². The lowest BCUT2D eigenvalue weighted by Gasteiger charge is -2.06. The zero-order valence-electron chi connectivity index (χ0n) is 11.3. The van der Waals surface area contributed by atoms with E-state index in [1.807, 2.05) is 24.3 Å². The highest BCUT2D eigenvalue weighted by molar-refractivity contribution is 5.94. The Hall–Kier alpha value is -2.21. The number of amides is 1. The van der Waals surface area contributed by atoms with E-state index in [1.165, 1.54) is 0 Å². The Bertz CT molecular complexity index is 538. The molecule has 0 fully saturated rings. The van der Waals surface area contributed by atoms with Gasteiger partial charge < -0.3 is 11.1 Å². The van der Waals surface area contributed by atoms with Crippen LogP contribution in [-0.4, -0.2) is 34.0 Å². The van der Waals surface area contributed by atoms with Gasteiger partial charge in [-0.15, -0.1) is 5.10 Å². The minimum absolute atomic E-state index is 0.0533. The topological polar surface area (TPSA) is 85.8 Å². The van der Waals surface area contributed by atoms with Crippen LogP contribution in [0, 0.1) is 0 Å². The molecule has 0 aliphatic carbocycles. The van der Waals surface area contributed by atoms with Gasteiger partial charge in [0.05, 0.1) is 6.20 Å². The summed E-state index contributed by atoms with van der Waals surface area (Å²) in [6.45, 7) is 1.94. The molecule has 1 aromatic carbocycles. The van der Waals surface area contributed by atoms with Gasteiger partial charge >= 0.3 is 0 Å². The predicted molar refractivity (Wildman–Crippen MR) is 76.2 cm³/mol. The molecule has 106 valence electrons. The van der Waals surface area contributed by atoms with Gasteiger partial charge in [-0.05, 0) is 37.1 Å². The Morgan fingerprint density at radius 2 is 2.30 bits per heavy atom. The number of benzene rings is 1. The van der Waals surface area contributed by atoms with E-state index in [2.05, 4.69) is 15.6 Å². The first-order valence-electron chi connectivity index (χ1n) is 6.71. The molecule has 1 amide bonds. The Kier molecular flexibility index (Phi) is 5.25. The van der Waals surface area contributed by atoms with E-state index in [-0.39, 0.29) is 5.91 Å². The van der Waals surface area contributed by atoms with Crippen molar-refractivity contribution in [2.45, 2.75) is 19.4 Å². The molecule has 0 atom stereocenters. The molecular weight excluding hydrogens is 254 g/mol. The zero-order valence-corrected chi connectivity index (χ0v) is 11.3. The number of carbonyl (C=O) groups is 1. The van der Waals surface area contributed by atoms with Crippen molar-refractivity contribution in [2.75, 3.05) is 13.1 Å². The lowest BCUT2D eigenvalue weighted by atomic mass is 10.1. The van der Waals surface area contributed by atoms with Gasteiger partial charge in [0, 0.05) is 24.8 Å². The van der Waals surface area contributed by atoms with Crippen molar-refractivity contribution in [2.24, 2.45) is 5.73 Å². The Morgan fingerprint density at radius 1 is 1.40 bits per heavy atom. The molecule has 0 aliphatic heterocycles. The monoisotopic (exact) mass is 273 g/mol. The largest absolute Gasteiger partial charge is 0.352 e. The highest BCUT2D eigenvalue weighted by Gasteiger charge is 2.05. The van der Waals surface area contributed by atoms with Crippen LogP contribution in [0.3, 0.4) is 0 Å². The molecule has 20 heavy (non-hydrogen) atoms. The van der Waals surface area contributed by atoms with Gasteiger partial charge in [-0.1, -0.05) is 17.3 Å². The number of hydrogen-bond donors (Lipinski definition) is 2. The normalized spacial score (nSPS) is 10.4. The second-order valence-corrected chi connectivity index (χ2v) is 4.51. The number of aromatic nitrogens is 3. The molecule has 6 nitrogen and oxygen atoms in total. The number of nitrogens with zero attached hydrogens (tertiary/aromatic N) is 3. The standard InChI is InChI=1S/C14H19N5O/c15-6-5-12-3-1-4-13(11-12)14(20)16-7-2-9-19-10-8-17-18-19/h1,3-4,8,10-11H,2,5-7,9,15H2,(H,16,20). The molecule has 0 saturated carbocycles. The number of carbonyl (C=O) groups excluding carboxylic acids is 1. The molecule has 0 radical (unpaired) electrons. The molecule has 2 rings (SSSR count). The van der Waals surface area contributed by atoms with Crippen LogP contribution in [0.25, 0.3) is 0 Å². The van der Waals surface area contributed by atoms with Gasteiger partial charge in [0.15, 0.2) is 0 Å². The van der Waals surface area contributed by atoms with Crippen molar-refractivity contribution >= 4 is 5.91 Å². The Morgan fingerprint density at radius 3 is 3.05 bits per heavy atom. The quantitative estimate of drug-likeness (QED) is 0.723. The highest BCUT2D eigenvalue weighted by Crippen LogP contribution is 2.05. The van der Waals surface area contributed by atoms with E-state index in [0.29, 0.717) is 18.7 Å². The van der Waals surface area contributed by atoms with Crippen molar-refractivity contribution in [1.29, 1.82) is 0 Å². The minimum atomic E-state index is -0.0533. The van der Waals surface area contributed by atoms with Crippen LogP contribution in [0.1, 0.15) is 22.3 Å². The van der Waals surface area contributed by atoms with E-state index in [4.69, 9.17) is 5.73 Å². The first kappa shape index (κ1) is 14.2. The predicted octanol–water partition coefficient (Wildman–Crippen LogP) is 0.599. The van der Waals surface area contributed by atoms with E-state index in [0.717, 1.165) is 24.9 Å². The van der Waals surface area contributed by atoms with Gasteiger partial charge in [-0.25, -0.2) is 0 Å². The highest BCUT2D eigenvalue weighted by atomic mass is 16.1. The molecule has 3 N–H and O–H groups in total. The maximum absolute atomic E-state index is 12.0. The van der Waals surface area contributed by atoms with Crippen LogP contribution < -0.4 is 11.1 Å². The molecule has 0 spiro atoms. The average Bonchev–Trinajstić information content (AvgIpc) is 2.97. The Balaban J connectivity index is 1.78. The summed E-state index contributed by atoms with van der Waals surface area (Å²) in [5.74, 6) is -0.0533. The fourth-order valence-corrected chi connectivity index (χ4v) is 1.93. The van der Waals surface area contributed by atoms with Gasteiger partial charge in [0.2, 0.25) is 0 Å². The number of nitrogens with two attached hydrogens (primary N) is 1. The molecule has 0 unspecified atom stereocenters. The minimum Gasteiger partial charge on any atom is -0.352 e. The summed E-state index contributed by atoms with van der Waals surface area (Å²) in [4.78, 5) is 12.0. The third kappa shape index (κ3) is 4.17. The number of hydrogen-bond acceptors (Lipinski definition) is 4. The molecule has 1 heterocycles. The number of nitrogens with one attached hydrogen (secondary N) is 1. The van der Waals surface area contributed by atoms with Crippen LogP contribution in [0.5, 0.6) is 0 Å². The van der Waals surface area contributed by atoms with Gasteiger partial charge in [0.25, 0.3) is 5.91 Å². The summed E-state index contributed by atoms with van der Waals surface area (Å²) >= 11 is 0. The van der Waals surface area contributed by atoms with Gasteiger partial charge in [-0.3, -0.25) is 9.48 Å². The molecule has 1 aromatic heterocycles. The summed E-state index contributed by atoms with van der Waals surface area (Å²) in [6, 6.07) is 7.57. The van der Waals surface area contributed by atoms with E-state index in [1.54, 1.807) is 17.1 Å². The number of aryl methyl sites for hydroxylation is 1. The second-order valence-electron chi connectivity index (χ2n) is 4.51. The molecule has 6 heteroatoms. The lowest BCUT2D eigenvalue weighted by Crippen LogP contribution is -2.25. The summed E-state index contributed by atoms with van der Waals surface area (Å²) in [7, 11) is 0. The zero-order chi connectivity index (χ0) is 14.2. The first-order chi connectivity index (χ1) is 9.79. The maximum atomic E-state index is 12.0. The summed E-state index contributed by atoms with van der Waals surface area (Å²) in [6.07, 6.45) is 5.05. The summed E-state index contributed by atoms with van der Waals surface area (Å²) in [5, 5.41) is 10.5. The third-order valence-corrected chi connectivity index (χ3v) is 2.94. The van der Waals surface area contributed by atoms with E-state index in [9.17, 15) is 4.79 Å². The van der Waals surface area contributed by atoms with E-state index < -0.39 is 0 Å². The third-order valence-electron chi connectivity index (χ3n) is 2.94. The molecule has 2 aromatic rings. The van der Waals surface area contributed by atoms with Crippen LogP contribution in [0.15, 0.2) is 36.7 Å². The van der Waals surface area contributed by atoms with Gasteiger partial charge in [0.1, 0.15) is 0 Å². The second kappa shape index (κ2) is 7.40. The van der Waals surface area contributed by atoms with Crippen LogP contribution in [0.4, 0.5) is 0 Å². The van der Waals surface area contributed by atoms with Crippen molar-refractivity contribution in [3.8, 4) is 0 Å². The molecule has 0 bridgehead atoms. The Labute approximate surface area is 118 Å². The molecular formula is C14H19N5O. The SMILES string of the molecule is NCCc1cccc(C(=O)NCCCn2ccnn2)c1. The van der Waals surface area contributed by atoms with Crippen molar-refractivity contribution < 1.29 is 4.79 Å². The molecule has 0 aliphatic rings. The molecule has 0 saturated heterocycles. The lowest BCUT2D eigenvalue weighted by molar-refractivity contribution is 0.0952. The fraction of sp³-hybridized carbons (Fsp3) is 0.357. The average molecular weight is 273 g/mol. The fourth-order valence-electron chi connectivity index (χ4n) is 1.93. The summed E-state index contributed by atoms with van der Waals surface area (Å²) < 4.78 is 1.74.